The van der Waals surface area contributed by atoms with E-state index in [4.69, 9.17) is 0 Å². The van der Waals surface area contributed by atoms with Gasteiger partial charge in [0, 0.05) is 18.8 Å². The number of carbonyl (C=O) groups is 1. The summed E-state index contributed by atoms with van der Waals surface area (Å²) in [5, 5.41) is 3.07. The van der Waals surface area contributed by atoms with E-state index in [0.29, 0.717) is 6.54 Å². The fourth-order valence-corrected chi connectivity index (χ4v) is 3.15. The first-order valence-electron chi connectivity index (χ1n) is 8.33. The maximum atomic E-state index is 12.5. The van der Waals surface area contributed by atoms with Crippen LogP contribution in [0.1, 0.15) is 30.0 Å². The minimum atomic E-state index is -0.151. The fourth-order valence-electron chi connectivity index (χ4n) is 3.15. The molecule has 1 heterocycles. The SMILES string of the molecule is Cc1ccc(CNC(=O)C(C)N2CCCc3ccccc32)cc1. The van der Waals surface area contributed by atoms with Gasteiger partial charge < -0.3 is 10.2 Å². The van der Waals surface area contributed by atoms with Crippen LogP contribution in [0.5, 0.6) is 0 Å². The van der Waals surface area contributed by atoms with Gasteiger partial charge >= 0.3 is 0 Å². The number of rotatable bonds is 4. The van der Waals surface area contributed by atoms with E-state index >= 15 is 0 Å². The summed E-state index contributed by atoms with van der Waals surface area (Å²) < 4.78 is 0. The Labute approximate surface area is 138 Å². The predicted molar refractivity (Wildman–Crippen MR) is 94.6 cm³/mol. The number of benzene rings is 2. The van der Waals surface area contributed by atoms with Gasteiger partial charge in [0.25, 0.3) is 0 Å². The Morgan fingerprint density at radius 3 is 2.70 bits per heavy atom. The molecule has 1 unspecified atom stereocenters. The number of amides is 1. The molecule has 0 bridgehead atoms. The lowest BCUT2D eigenvalue weighted by atomic mass is 10.00. The number of nitrogens with zero attached hydrogens (tertiary/aromatic N) is 1. The van der Waals surface area contributed by atoms with Crippen LogP contribution in [-0.2, 0) is 17.8 Å². The molecule has 0 aliphatic carbocycles. The van der Waals surface area contributed by atoms with E-state index in [2.05, 4.69) is 59.6 Å². The van der Waals surface area contributed by atoms with Gasteiger partial charge in [0.2, 0.25) is 5.91 Å². The lowest BCUT2D eigenvalue weighted by Gasteiger charge is -2.35. The molecule has 0 saturated carbocycles. The standard InChI is InChI=1S/C20H24N2O/c1-15-9-11-17(12-10-15)14-21-20(23)16(2)22-13-5-7-18-6-3-4-8-19(18)22/h3-4,6,8-12,16H,5,7,13-14H2,1-2H3,(H,21,23). The second-order valence-electron chi connectivity index (χ2n) is 6.31. The van der Waals surface area contributed by atoms with Crippen molar-refractivity contribution < 1.29 is 4.79 Å². The molecule has 3 nitrogen and oxygen atoms in total. The molecule has 0 fully saturated rings. The van der Waals surface area contributed by atoms with Crippen LogP contribution in [-0.4, -0.2) is 18.5 Å². The topological polar surface area (TPSA) is 32.3 Å². The average molecular weight is 308 g/mol. The number of anilines is 1. The highest BCUT2D eigenvalue weighted by Crippen LogP contribution is 2.28. The molecule has 1 N–H and O–H groups in total. The Balaban J connectivity index is 1.65. The van der Waals surface area contributed by atoms with Crippen molar-refractivity contribution in [2.24, 2.45) is 0 Å². The van der Waals surface area contributed by atoms with Crippen molar-refractivity contribution in [1.29, 1.82) is 0 Å². The molecule has 120 valence electrons. The monoisotopic (exact) mass is 308 g/mol. The van der Waals surface area contributed by atoms with Gasteiger partial charge in [-0.05, 0) is 43.9 Å². The van der Waals surface area contributed by atoms with Gasteiger partial charge in [-0.1, -0.05) is 48.0 Å². The third kappa shape index (κ3) is 3.55. The highest BCUT2D eigenvalue weighted by atomic mass is 16.2. The minimum absolute atomic E-state index is 0.0854. The van der Waals surface area contributed by atoms with Crippen molar-refractivity contribution in [3.8, 4) is 0 Å². The predicted octanol–water partition coefficient (Wildman–Crippen LogP) is 3.45. The fraction of sp³-hybridized carbons (Fsp3) is 0.350. The van der Waals surface area contributed by atoms with Gasteiger partial charge in [0.05, 0.1) is 0 Å². The van der Waals surface area contributed by atoms with E-state index in [1.807, 2.05) is 13.0 Å². The maximum Gasteiger partial charge on any atom is 0.242 e. The molecule has 2 aromatic rings. The zero-order valence-electron chi connectivity index (χ0n) is 13.9. The smallest absolute Gasteiger partial charge is 0.242 e. The Bertz CT molecular complexity index is 678. The Morgan fingerprint density at radius 1 is 1.17 bits per heavy atom. The van der Waals surface area contributed by atoms with E-state index in [-0.39, 0.29) is 11.9 Å². The zero-order valence-corrected chi connectivity index (χ0v) is 13.9. The van der Waals surface area contributed by atoms with Crippen molar-refractivity contribution >= 4 is 11.6 Å². The lowest BCUT2D eigenvalue weighted by Crippen LogP contribution is -2.47. The normalized spacial score (nSPS) is 15.0. The van der Waals surface area contributed by atoms with E-state index in [1.165, 1.54) is 16.8 Å². The molecule has 23 heavy (non-hydrogen) atoms. The number of aryl methyl sites for hydroxylation is 2. The number of hydrogen-bond acceptors (Lipinski definition) is 2. The van der Waals surface area contributed by atoms with E-state index in [0.717, 1.165) is 24.9 Å². The largest absolute Gasteiger partial charge is 0.360 e. The summed E-state index contributed by atoms with van der Waals surface area (Å²) in [6, 6.07) is 16.5. The number of nitrogens with one attached hydrogen (secondary N) is 1. The molecule has 1 aliphatic heterocycles. The third-order valence-electron chi connectivity index (χ3n) is 4.58. The van der Waals surface area contributed by atoms with Crippen LogP contribution in [0.3, 0.4) is 0 Å². The number of hydrogen-bond donors (Lipinski definition) is 1. The molecule has 1 aliphatic rings. The molecule has 0 radical (unpaired) electrons. The second-order valence-corrected chi connectivity index (χ2v) is 6.31. The minimum Gasteiger partial charge on any atom is -0.360 e. The first-order valence-corrected chi connectivity index (χ1v) is 8.33. The lowest BCUT2D eigenvalue weighted by molar-refractivity contribution is -0.122. The molecular weight excluding hydrogens is 284 g/mol. The van der Waals surface area contributed by atoms with Crippen molar-refractivity contribution in [2.75, 3.05) is 11.4 Å². The van der Waals surface area contributed by atoms with E-state index < -0.39 is 0 Å². The molecule has 1 amide bonds. The molecule has 0 spiro atoms. The summed E-state index contributed by atoms with van der Waals surface area (Å²) in [6.45, 7) is 5.58. The van der Waals surface area contributed by atoms with Crippen LogP contribution < -0.4 is 10.2 Å². The molecule has 0 saturated heterocycles. The van der Waals surface area contributed by atoms with Gasteiger partial charge in [0.1, 0.15) is 6.04 Å². The van der Waals surface area contributed by atoms with Crippen LogP contribution in [0.15, 0.2) is 48.5 Å². The van der Waals surface area contributed by atoms with Crippen molar-refractivity contribution in [3.05, 3.63) is 65.2 Å². The van der Waals surface area contributed by atoms with Crippen molar-refractivity contribution in [1.82, 2.24) is 5.32 Å². The van der Waals surface area contributed by atoms with E-state index in [9.17, 15) is 4.79 Å². The third-order valence-corrected chi connectivity index (χ3v) is 4.58. The zero-order chi connectivity index (χ0) is 16.2. The van der Waals surface area contributed by atoms with Gasteiger partial charge in [0.15, 0.2) is 0 Å². The van der Waals surface area contributed by atoms with Gasteiger partial charge in [-0.15, -0.1) is 0 Å². The maximum absolute atomic E-state index is 12.5. The number of carbonyl (C=O) groups excluding carboxylic acids is 1. The molecule has 0 aromatic heterocycles. The first kappa shape index (κ1) is 15.6. The summed E-state index contributed by atoms with van der Waals surface area (Å²) in [4.78, 5) is 14.8. The van der Waals surface area contributed by atoms with Crippen LogP contribution in [0, 0.1) is 6.92 Å². The molecular formula is C20H24N2O. The van der Waals surface area contributed by atoms with Crippen LogP contribution >= 0.6 is 0 Å². The summed E-state index contributed by atoms with van der Waals surface area (Å²) in [6.07, 6.45) is 2.21. The van der Waals surface area contributed by atoms with Crippen LogP contribution in [0.4, 0.5) is 5.69 Å². The molecule has 2 aromatic carbocycles. The number of fused-ring (bicyclic) bond motifs is 1. The Kier molecular flexibility index (Phi) is 4.65. The molecule has 3 heteroatoms. The van der Waals surface area contributed by atoms with Crippen molar-refractivity contribution in [2.45, 2.75) is 39.3 Å². The van der Waals surface area contributed by atoms with Crippen LogP contribution in [0.25, 0.3) is 0 Å². The highest BCUT2D eigenvalue weighted by molar-refractivity contribution is 5.85. The Hall–Kier alpha value is -2.29. The molecule has 1 atom stereocenters. The van der Waals surface area contributed by atoms with Crippen LogP contribution in [0.2, 0.25) is 0 Å². The van der Waals surface area contributed by atoms with E-state index in [1.54, 1.807) is 0 Å². The summed E-state index contributed by atoms with van der Waals surface area (Å²) in [5.74, 6) is 0.0854. The van der Waals surface area contributed by atoms with Gasteiger partial charge in [-0.3, -0.25) is 4.79 Å². The first-order chi connectivity index (χ1) is 11.1. The average Bonchev–Trinajstić information content (AvgIpc) is 2.60. The van der Waals surface area contributed by atoms with Gasteiger partial charge in [-0.25, -0.2) is 0 Å². The summed E-state index contributed by atoms with van der Waals surface area (Å²) >= 11 is 0. The van der Waals surface area contributed by atoms with Crippen molar-refractivity contribution in [3.63, 3.8) is 0 Å². The second kappa shape index (κ2) is 6.86. The molecule has 3 rings (SSSR count). The summed E-state index contributed by atoms with van der Waals surface area (Å²) in [7, 11) is 0. The van der Waals surface area contributed by atoms with Gasteiger partial charge in [-0.2, -0.15) is 0 Å². The Morgan fingerprint density at radius 2 is 1.91 bits per heavy atom. The highest BCUT2D eigenvalue weighted by Gasteiger charge is 2.25. The number of para-hydroxylation sites is 1. The summed E-state index contributed by atoms with van der Waals surface area (Å²) in [5.41, 5.74) is 4.92. The quantitative estimate of drug-likeness (QED) is 0.938.